The number of carbonyl (C=O) groups is 1. The fraction of sp³-hybridized carbons (Fsp3) is 0.462. The molecule has 0 radical (unpaired) electrons. The maximum absolute atomic E-state index is 11.2. The van der Waals surface area contributed by atoms with Crippen molar-refractivity contribution in [3.8, 4) is 0 Å². The van der Waals surface area contributed by atoms with Gasteiger partial charge >= 0.3 is 0 Å². The fourth-order valence-corrected chi connectivity index (χ4v) is 2.03. The van der Waals surface area contributed by atoms with E-state index >= 15 is 0 Å². The summed E-state index contributed by atoms with van der Waals surface area (Å²) in [6, 6.07) is 5.28. The van der Waals surface area contributed by atoms with Gasteiger partial charge in [-0.1, -0.05) is 18.5 Å². The van der Waals surface area contributed by atoms with E-state index in [2.05, 4.69) is 6.92 Å². The van der Waals surface area contributed by atoms with Gasteiger partial charge in [-0.25, -0.2) is 0 Å². The van der Waals surface area contributed by atoms with Crippen molar-refractivity contribution in [1.82, 2.24) is 0 Å². The fourth-order valence-electron chi connectivity index (χ4n) is 1.73. The van der Waals surface area contributed by atoms with Gasteiger partial charge in [-0.3, -0.25) is 4.79 Å². The van der Waals surface area contributed by atoms with Gasteiger partial charge in [0, 0.05) is 18.7 Å². The number of rotatable bonds is 6. The highest BCUT2D eigenvalue weighted by molar-refractivity contribution is 6.33. The van der Waals surface area contributed by atoms with Crippen LogP contribution in [0.4, 0.5) is 5.69 Å². The first kappa shape index (κ1) is 14.0. The number of aliphatic hydroxyl groups excluding tert-OH is 1. The Bertz CT molecular complexity index is 387. The minimum Gasteiger partial charge on any atom is -0.395 e. The lowest BCUT2D eigenvalue weighted by molar-refractivity contribution is 0.101. The summed E-state index contributed by atoms with van der Waals surface area (Å²) in [5, 5.41) is 9.57. The number of hydrogen-bond acceptors (Lipinski definition) is 3. The monoisotopic (exact) mass is 255 g/mol. The number of nitrogens with zero attached hydrogens (tertiary/aromatic N) is 1. The van der Waals surface area contributed by atoms with Crippen molar-refractivity contribution in [3.63, 3.8) is 0 Å². The molecule has 1 N–H and O–H groups in total. The van der Waals surface area contributed by atoms with Crippen LogP contribution in [0.25, 0.3) is 0 Å². The average molecular weight is 256 g/mol. The second kappa shape index (κ2) is 6.62. The van der Waals surface area contributed by atoms with Gasteiger partial charge in [0.25, 0.3) is 0 Å². The second-order valence-corrected chi connectivity index (χ2v) is 4.34. The van der Waals surface area contributed by atoms with Gasteiger partial charge in [0.15, 0.2) is 5.78 Å². The standard InChI is InChI=1S/C13H18ClNO2/c1-3-6-15(7-8-16)13-5-4-11(10(2)17)9-12(13)14/h4-5,9,16H,3,6-8H2,1-2H3. The van der Waals surface area contributed by atoms with Gasteiger partial charge in [-0.2, -0.15) is 0 Å². The minimum absolute atomic E-state index is 0.00245. The molecule has 0 spiro atoms. The number of halogens is 1. The Morgan fingerprint density at radius 1 is 1.41 bits per heavy atom. The van der Waals surface area contributed by atoms with E-state index in [-0.39, 0.29) is 12.4 Å². The van der Waals surface area contributed by atoms with E-state index in [9.17, 15) is 4.79 Å². The molecule has 0 saturated carbocycles. The summed E-state index contributed by atoms with van der Waals surface area (Å²) in [7, 11) is 0. The molecule has 0 unspecified atom stereocenters. The zero-order valence-electron chi connectivity index (χ0n) is 10.2. The molecule has 1 aromatic carbocycles. The van der Waals surface area contributed by atoms with Gasteiger partial charge in [0.05, 0.1) is 17.3 Å². The molecule has 0 atom stereocenters. The minimum atomic E-state index is 0.00245. The Kier molecular flexibility index (Phi) is 5.45. The number of Topliss-reactive ketones (excluding diaryl/α,β-unsaturated/α-hetero) is 1. The maximum atomic E-state index is 11.2. The lowest BCUT2D eigenvalue weighted by atomic mass is 10.1. The Labute approximate surface area is 107 Å². The molecule has 1 aromatic rings. The summed E-state index contributed by atoms with van der Waals surface area (Å²) in [4.78, 5) is 13.2. The summed E-state index contributed by atoms with van der Waals surface area (Å²) in [6.07, 6.45) is 0.977. The average Bonchev–Trinajstić information content (AvgIpc) is 2.28. The van der Waals surface area contributed by atoms with Crippen molar-refractivity contribution < 1.29 is 9.90 Å². The first-order valence-corrected chi connectivity index (χ1v) is 6.14. The molecular weight excluding hydrogens is 238 g/mol. The molecular formula is C13H18ClNO2. The number of benzene rings is 1. The highest BCUT2D eigenvalue weighted by Gasteiger charge is 2.11. The predicted molar refractivity (Wildman–Crippen MR) is 71.0 cm³/mol. The van der Waals surface area contributed by atoms with Gasteiger partial charge in [-0.05, 0) is 31.5 Å². The number of ketones is 1. The van der Waals surface area contributed by atoms with Gasteiger partial charge in [0.1, 0.15) is 0 Å². The molecule has 0 aromatic heterocycles. The molecule has 0 aliphatic rings. The topological polar surface area (TPSA) is 40.5 Å². The zero-order chi connectivity index (χ0) is 12.8. The molecule has 94 valence electrons. The second-order valence-electron chi connectivity index (χ2n) is 3.93. The van der Waals surface area contributed by atoms with Crippen molar-refractivity contribution in [2.75, 3.05) is 24.6 Å². The first-order valence-electron chi connectivity index (χ1n) is 5.76. The van der Waals surface area contributed by atoms with E-state index in [0.29, 0.717) is 17.1 Å². The van der Waals surface area contributed by atoms with Crippen LogP contribution in [0.2, 0.25) is 5.02 Å². The van der Waals surface area contributed by atoms with Gasteiger partial charge < -0.3 is 10.0 Å². The van der Waals surface area contributed by atoms with Crippen LogP contribution in [0.5, 0.6) is 0 Å². The van der Waals surface area contributed by atoms with Crippen LogP contribution in [0.15, 0.2) is 18.2 Å². The molecule has 3 nitrogen and oxygen atoms in total. The molecule has 0 heterocycles. The third kappa shape index (κ3) is 3.72. The van der Waals surface area contributed by atoms with Crippen LogP contribution in [0, 0.1) is 0 Å². The Morgan fingerprint density at radius 3 is 2.59 bits per heavy atom. The van der Waals surface area contributed by atoms with Crippen molar-refractivity contribution in [2.45, 2.75) is 20.3 Å². The van der Waals surface area contributed by atoms with Crippen LogP contribution in [-0.4, -0.2) is 30.6 Å². The predicted octanol–water partition coefficient (Wildman–Crippen LogP) is 2.75. The van der Waals surface area contributed by atoms with Crippen LogP contribution < -0.4 is 4.90 Å². The van der Waals surface area contributed by atoms with Crippen LogP contribution in [0.3, 0.4) is 0 Å². The van der Waals surface area contributed by atoms with E-state index < -0.39 is 0 Å². The van der Waals surface area contributed by atoms with Crippen molar-refractivity contribution in [2.24, 2.45) is 0 Å². The van der Waals surface area contributed by atoms with E-state index in [0.717, 1.165) is 18.7 Å². The van der Waals surface area contributed by atoms with Crippen LogP contribution in [0.1, 0.15) is 30.6 Å². The van der Waals surface area contributed by atoms with E-state index in [1.165, 1.54) is 6.92 Å². The van der Waals surface area contributed by atoms with Gasteiger partial charge in [-0.15, -0.1) is 0 Å². The lowest BCUT2D eigenvalue weighted by Crippen LogP contribution is -2.27. The van der Waals surface area contributed by atoms with E-state index in [1.807, 2.05) is 11.0 Å². The molecule has 0 bridgehead atoms. The Hall–Kier alpha value is -1.06. The SMILES string of the molecule is CCCN(CCO)c1ccc(C(C)=O)cc1Cl. The smallest absolute Gasteiger partial charge is 0.159 e. The number of anilines is 1. The lowest BCUT2D eigenvalue weighted by Gasteiger charge is -2.24. The molecule has 17 heavy (non-hydrogen) atoms. The molecule has 0 amide bonds. The molecule has 1 rings (SSSR count). The molecule has 0 aliphatic carbocycles. The van der Waals surface area contributed by atoms with Crippen molar-refractivity contribution in [1.29, 1.82) is 0 Å². The summed E-state index contributed by atoms with van der Waals surface area (Å²) >= 11 is 6.16. The quantitative estimate of drug-likeness (QED) is 0.795. The largest absolute Gasteiger partial charge is 0.395 e. The molecule has 0 fully saturated rings. The van der Waals surface area contributed by atoms with Crippen molar-refractivity contribution >= 4 is 23.1 Å². The third-order valence-corrected chi connectivity index (χ3v) is 2.86. The maximum Gasteiger partial charge on any atom is 0.159 e. The summed E-state index contributed by atoms with van der Waals surface area (Å²) in [5.41, 5.74) is 1.48. The highest BCUT2D eigenvalue weighted by atomic mass is 35.5. The summed E-state index contributed by atoms with van der Waals surface area (Å²) in [5.74, 6) is 0.00245. The molecule has 0 aliphatic heterocycles. The zero-order valence-corrected chi connectivity index (χ0v) is 11.0. The van der Waals surface area contributed by atoms with Crippen LogP contribution in [-0.2, 0) is 0 Å². The number of aliphatic hydroxyl groups is 1. The first-order chi connectivity index (χ1) is 8.10. The molecule has 4 heteroatoms. The summed E-state index contributed by atoms with van der Waals surface area (Å²) in [6.45, 7) is 5.06. The highest BCUT2D eigenvalue weighted by Crippen LogP contribution is 2.27. The van der Waals surface area contributed by atoms with E-state index in [1.54, 1.807) is 12.1 Å². The normalized spacial score (nSPS) is 10.4. The molecule has 0 saturated heterocycles. The Morgan fingerprint density at radius 2 is 2.12 bits per heavy atom. The van der Waals surface area contributed by atoms with E-state index in [4.69, 9.17) is 16.7 Å². The van der Waals surface area contributed by atoms with Crippen molar-refractivity contribution in [3.05, 3.63) is 28.8 Å². The Balaban J connectivity index is 2.99. The third-order valence-electron chi connectivity index (χ3n) is 2.56. The number of carbonyl (C=O) groups excluding carboxylic acids is 1. The van der Waals surface area contributed by atoms with Gasteiger partial charge in [0.2, 0.25) is 0 Å². The number of hydrogen-bond donors (Lipinski definition) is 1. The van der Waals surface area contributed by atoms with Crippen LogP contribution >= 0.6 is 11.6 Å². The summed E-state index contributed by atoms with van der Waals surface area (Å²) < 4.78 is 0.